The maximum atomic E-state index is 12.1. The van der Waals surface area contributed by atoms with Crippen LogP contribution in [0.1, 0.15) is 17.4 Å². The van der Waals surface area contributed by atoms with Crippen molar-refractivity contribution in [1.29, 1.82) is 0 Å². The second kappa shape index (κ2) is 7.69. The molecule has 0 unspecified atom stereocenters. The van der Waals surface area contributed by atoms with Gasteiger partial charge in [-0.2, -0.15) is 13.2 Å². The van der Waals surface area contributed by atoms with Gasteiger partial charge in [-0.15, -0.1) is 0 Å². The quantitative estimate of drug-likeness (QED) is 0.772. The van der Waals surface area contributed by atoms with Gasteiger partial charge in [0.15, 0.2) is 0 Å². The molecule has 1 amide bonds. The van der Waals surface area contributed by atoms with Crippen molar-refractivity contribution in [2.45, 2.75) is 13.1 Å². The number of fused-ring (bicyclic) bond motifs is 1. The number of alkyl halides is 3. The molecule has 0 aliphatic carbocycles. The van der Waals surface area contributed by atoms with Crippen molar-refractivity contribution >= 4 is 22.8 Å². The van der Waals surface area contributed by atoms with Crippen LogP contribution < -0.4 is 10.6 Å². The van der Waals surface area contributed by atoms with Crippen LogP contribution in [0, 0.1) is 5.41 Å². The largest absolute Gasteiger partial charge is 0.490 e. The lowest BCUT2D eigenvalue weighted by atomic mass is 9.84. The minimum atomic E-state index is -5.08. The van der Waals surface area contributed by atoms with Crippen LogP contribution in [-0.2, 0) is 4.79 Å². The van der Waals surface area contributed by atoms with Crippen LogP contribution in [0.4, 0.5) is 13.2 Å². The third-order valence-electron chi connectivity index (χ3n) is 3.85. The molecule has 0 radical (unpaired) electrons. The maximum absolute atomic E-state index is 12.1. The number of carbonyl (C=O) groups excluding carboxylic acids is 1. The summed E-state index contributed by atoms with van der Waals surface area (Å²) in [5.41, 5.74) is 1.52. The van der Waals surface area contributed by atoms with E-state index in [2.05, 4.69) is 22.5 Å². The number of rotatable bonds is 3. The van der Waals surface area contributed by atoms with E-state index in [1.165, 1.54) is 0 Å². The second-order valence-corrected chi connectivity index (χ2v) is 6.29. The van der Waals surface area contributed by atoms with Crippen LogP contribution >= 0.6 is 0 Å². The zero-order valence-electron chi connectivity index (χ0n) is 13.9. The molecule has 0 atom stereocenters. The molecule has 1 saturated heterocycles. The number of amides is 1. The van der Waals surface area contributed by atoms with Crippen molar-refractivity contribution in [2.75, 3.05) is 19.6 Å². The Morgan fingerprint density at radius 3 is 2.38 bits per heavy atom. The fourth-order valence-corrected chi connectivity index (χ4v) is 2.25. The summed E-state index contributed by atoms with van der Waals surface area (Å²) in [5.74, 6) is -2.86. The van der Waals surface area contributed by atoms with E-state index < -0.39 is 12.1 Å². The average molecular weight is 369 g/mol. The summed E-state index contributed by atoms with van der Waals surface area (Å²) in [4.78, 5) is 25.4. The first-order valence-corrected chi connectivity index (χ1v) is 7.76. The fourth-order valence-electron chi connectivity index (χ4n) is 2.25. The summed E-state index contributed by atoms with van der Waals surface area (Å²) in [6.07, 6.45) is -5.08. The molecule has 3 rings (SSSR count). The Morgan fingerprint density at radius 1 is 1.23 bits per heavy atom. The highest BCUT2D eigenvalue weighted by Gasteiger charge is 2.38. The fraction of sp³-hybridized carbons (Fsp3) is 0.353. The Labute approximate surface area is 147 Å². The van der Waals surface area contributed by atoms with E-state index in [0.29, 0.717) is 12.2 Å². The minimum absolute atomic E-state index is 0.0983. The number of hydrogen-bond acceptors (Lipinski definition) is 4. The van der Waals surface area contributed by atoms with Gasteiger partial charge in [0.05, 0.1) is 5.52 Å². The Morgan fingerprint density at radius 2 is 1.85 bits per heavy atom. The monoisotopic (exact) mass is 369 g/mol. The molecule has 1 aliphatic heterocycles. The number of para-hydroxylation sites is 1. The van der Waals surface area contributed by atoms with Gasteiger partial charge in [-0.3, -0.25) is 4.79 Å². The van der Waals surface area contributed by atoms with Crippen molar-refractivity contribution in [3.05, 3.63) is 42.1 Å². The van der Waals surface area contributed by atoms with E-state index in [1.54, 1.807) is 6.07 Å². The maximum Gasteiger partial charge on any atom is 0.490 e. The summed E-state index contributed by atoms with van der Waals surface area (Å²) in [5, 5.41) is 14.4. The molecule has 1 fully saturated rings. The molecule has 9 heteroatoms. The van der Waals surface area contributed by atoms with E-state index in [4.69, 9.17) is 9.90 Å². The summed E-state index contributed by atoms with van der Waals surface area (Å²) < 4.78 is 31.7. The normalized spacial score (nSPS) is 15.4. The van der Waals surface area contributed by atoms with E-state index in [9.17, 15) is 18.0 Å². The third-order valence-corrected chi connectivity index (χ3v) is 3.85. The number of carbonyl (C=O) groups is 2. The number of carboxylic acids is 1. The number of benzene rings is 1. The molecular weight excluding hydrogens is 351 g/mol. The molecule has 1 aliphatic rings. The number of hydrogen-bond donors (Lipinski definition) is 3. The molecule has 26 heavy (non-hydrogen) atoms. The summed E-state index contributed by atoms with van der Waals surface area (Å²) in [6.45, 7) is 4.77. The molecule has 2 aromatic rings. The zero-order valence-corrected chi connectivity index (χ0v) is 13.9. The number of halogens is 3. The van der Waals surface area contributed by atoms with Crippen LogP contribution in [0.3, 0.4) is 0 Å². The molecule has 6 nitrogen and oxygen atoms in total. The van der Waals surface area contributed by atoms with E-state index in [-0.39, 0.29) is 11.3 Å². The highest BCUT2D eigenvalue weighted by molar-refractivity contribution is 5.94. The van der Waals surface area contributed by atoms with Crippen molar-refractivity contribution < 1.29 is 27.9 Å². The van der Waals surface area contributed by atoms with Gasteiger partial charge in [0, 0.05) is 30.4 Å². The molecule has 2 heterocycles. The van der Waals surface area contributed by atoms with Crippen LogP contribution in [0.15, 0.2) is 36.4 Å². The molecule has 0 saturated carbocycles. The van der Waals surface area contributed by atoms with E-state index >= 15 is 0 Å². The Hall–Kier alpha value is -2.68. The van der Waals surface area contributed by atoms with Gasteiger partial charge in [-0.05, 0) is 12.1 Å². The SMILES string of the molecule is CC1(CNC(=O)c2ccc3ccccc3n2)CNC1.O=C(O)C(F)(F)F. The Bertz CT molecular complexity index is 804. The molecule has 0 bridgehead atoms. The average Bonchev–Trinajstić information content (AvgIpc) is 2.57. The van der Waals surface area contributed by atoms with E-state index in [0.717, 1.165) is 24.0 Å². The summed E-state index contributed by atoms with van der Waals surface area (Å²) in [7, 11) is 0. The summed E-state index contributed by atoms with van der Waals surface area (Å²) in [6, 6.07) is 11.5. The molecule has 0 spiro atoms. The number of pyridine rings is 1. The standard InChI is InChI=1S/C15H17N3O.C2HF3O2/c1-15(8-16-9-15)10-17-14(19)13-7-6-11-4-2-3-5-12(11)18-13;3-2(4,5)1(6)7/h2-7,16H,8-10H2,1H3,(H,17,19);(H,6,7). The van der Waals surface area contributed by atoms with Crippen molar-refractivity contribution in [3.63, 3.8) is 0 Å². The lowest BCUT2D eigenvalue weighted by molar-refractivity contribution is -0.192. The van der Waals surface area contributed by atoms with Crippen LogP contribution in [0.2, 0.25) is 0 Å². The zero-order chi connectivity index (χ0) is 19.4. The number of nitrogens with one attached hydrogen (secondary N) is 2. The van der Waals surface area contributed by atoms with Gasteiger partial charge in [0.1, 0.15) is 5.69 Å². The van der Waals surface area contributed by atoms with Crippen LogP contribution in [-0.4, -0.2) is 47.8 Å². The van der Waals surface area contributed by atoms with Crippen molar-refractivity contribution in [1.82, 2.24) is 15.6 Å². The minimum Gasteiger partial charge on any atom is -0.475 e. The molecule has 3 N–H and O–H groups in total. The number of aliphatic carboxylic acids is 1. The Balaban J connectivity index is 0.000000298. The van der Waals surface area contributed by atoms with Crippen LogP contribution in [0.5, 0.6) is 0 Å². The lowest BCUT2D eigenvalue weighted by Crippen LogP contribution is -2.57. The van der Waals surface area contributed by atoms with Gasteiger partial charge >= 0.3 is 12.1 Å². The number of nitrogens with zero attached hydrogens (tertiary/aromatic N) is 1. The number of aromatic nitrogens is 1. The first kappa shape index (κ1) is 19.6. The molecule has 1 aromatic carbocycles. The smallest absolute Gasteiger partial charge is 0.475 e. The van der Waals surface area contributed by atoms with Crippen molar-refractivity contribution in [2.24, 2.45) is 5.41 Å². The van der Waals surface area contributed by atoms with Gasteiger partial charge in [-0.1, -0.05) is 31.2 Å². The highest BCUT2D eigenvalue weighted by Crippen LogP contribution is 2.19. The number of carboxylic acid groups (broad SMARTS) is 1. The first-order valence-electron chi connectivity index (χ1n) is 7.76. The topological polar surface area (TPSA) is 91.3 Å². The van der Waals surface area contributed by atoms with Crippen LogP contribution in [0.25, 0.3) is 10.9 Å². The predicted molar refractivity (Wildman–Crippen MR) is 88.7 cm³/mol. The second-order valence-electron chi connectivity index (χ2n) is 6.29. The predicted octanol–water partition coefficient (Wildman–Crippen LogP) is 2.21. The van der Waals surface area contributed by atoms with Gasteiger partial charge in [-0.25, -0.2) is 9.78 Å². The summed E-state index contributed by atoms with van der Waals surface area (Å²) >= 11 is 0. The van der Waals surface area contributed by atoms with Gasteiger partial charge in [0.2, 0.25) is 0 Å². The van der Waals surface area contributed by atoms with Gasteiger partial charge < -0.3 is 15.7 Å². The molecule has 1 aromatic heterocycles. The van der Waals surface area contributed by atoms with E-state index in [1.807, 2.05) is 30.3 Å². The third kappa shape index (κ3) is 5.16. The molecular formula is C17H18F3N3O3. The molecule has 140 valence electrons. The lowest BCUT2D eigenvalue weighted by Gasteiger charge is -2.39. The first-order chi connectivity index (χ1) is 12.1. The van der Waals surface area contributed by atoms with Crippen molar-refractivity contribution in [3.8, 4) is 0 Å². The van der Waals surface area contributed by atoms with Gasteiger partial charge in [0.25, 0.3) is 5.91 Å². The Kier molecular flexibility index (Phi) is 5.81. The highest BCUT2D eigenvalue weighted by atomic mass is 19.4.